The van der Waals surface area contributed by atoms with Gasteiger partial charge in [-0.2, -0.15) is 0 Å². The zero-order valence-corrected chi connectivity index (χ0v) is 7.11. The highest BCUT2D eigenvalue weighted by Gasteiger charge is 2.18. The van der Waals surface area contributed by atoms with Crippen LogP contribution >= 0.6 is 0 Å². The first kappa shape index (κ1) is 7.80. The molecule has 1 aromatic rings. The third kappa shape index (κ3) is 1.25. The maximum absolute atomic E-state index is 9.01. The summed E-state index contributed by atoms with van der Waals surface area (Å²) in [7, 11) is 0. The largest absolute Gasteiger partial charge is 0.390 e. The first-order chi connectivity index (χ1) is 5.92. The molecule has 3 heteroatoms. The zero-order valence-electron chi connectivity index (χ0n) is 7.11. The Morgan fingerprint density at radius 3 is 2.92 bits per heavy atom. The second-order valence-corrected chi connectivity index (χ2v) is 3.39. The molecule has 1 heterocycles. The first-order valence-corrected chi connectivity index (χ1v) is 4.53. The molecule has 1 saturated carbocycles. The summed E-state index contributed by atoms with van der Waals surface area (Å²) < 4.78 is 2.12. The number of nitrogens with zero attached hydrogens (tertiary/aromatic N) is 2. The molecule has 0 atom stereocenters. The van der Waals surface area contributed by atoms with Crippen molar-refractivity contribution in [1.29, 1.82) is 0 Å². The molecule has 0 aliphatic heterocycles. The molecule has 1 aliphatic rings. The smallest absolute Gasteiger partial charge is 0.0951 e. The fraction of sp³-hybridized carbons (Fsp3) is 0.667. The van der Waals surface area contributed by atoms with Gasteiger partial charge in [0, 0.05) is 6.04 Å². The molecular weight excluding hydrogens is 152 g/mol. The van der Waals surface area contributed by atoms with E-state index in [1.54, 1.807) is 6.20 Å². The second kappa shape index (κ2) is 3.27. The van der Waals surface area contributed by atoms with Gasteiger partial charge in [0.15, 0.2) is 0 Å². The number of aliphatic hydroxyl groups is 1. The lowest BCUT2D eigenvalue weighted by molar-refractivity contribution is 0.266. The van der Waals surface area contributed by atoms with Crippen LogP contribution in [0.2, 0.25) is 0 Å². The predicted molar refractivity (Wildman–Crippen MR) is 45.7 cm³/mol. The van der Waals surface area contributed by atoms with E-state index < -0.39 is 0 Å². The van der Waals surface area contributed by atoms with E-state index in [4.69, 9.17) is 5.11 Å². The standard InChI is InChI=1S/C9H14N2O/c12-6-9-5-10-7-11(9)8-3-1-2-4-8/h5,7-8,12H,1-4,6H2. The summed E-state index contributed by atoms with van der Waals surface area (Å²) in [6, 6.07) is 0.592. The summed E-state index contributed by atoms with van der Waals surface area (Å²) in [5.41, 5.74) is 0.946. The summed E-state index contributed by atoms with van der Waals surface area (Å²) in [6.07, 6.45) is 8.69. The van der Waals surface area contributed by atoms with Crippen LogP contribution in [0.5, 0.6) is 0 Å². The van der Waals surface area contributed by atoms with Crippen LogP contribution in [0.1, 0.15) is 37.4 Å². The van der Waals surface area contributed by atoms with Crippen LogP contribution in [0.4, 0.5) is 0 Å². The zero-order chi connectivity index (χ0) is 8.39. The summed E-state index contributed by atoms with van der Waals surface area (Å²) in [4.78, 5) is 4.04. The highest BCUT2D eigenvalue weighted by molar-refractivity contribution is 4.99. The van der Waals surface area contributed by atoms with Gasteiger partial charge in [-0.15, -0.1) is 0 Å². The van der Waals surface area contributed by atoms with E-state index in [9.17, 15) is 0 Å². The lowest BCUT2D eigenvalue weighted by atomic mass is 10.2. The van der Waals surface area contributed by atoms with Crippen LogP contribution in [-0.4, -0.2) is 14.7 Å². The number of rotatable bonds is 2. The lowest BCUT2D eigenvalue weighted by Gasteiger charge is -2.13. The Kier molecular flexibility index (Phi) is 2.13. The second-order valence-electron chi connectivity index (χ2n) is 3.39. The molecule has 2 rings (SSSR count). The molecule has 1 aliphatic carbocycles. The van der Waals surface area contributed by atoms with Crippen molar-refractivity contribution >= 4 is 0 Å². The van der Waals surface area contributed by atoms with Gasteiger partial charge in [-0.05, 0) is 12.8 Å². The van der Waals surface area contributed by atoms with Crippen molar-refractivity contribution in [1.82, 2.24) is 9.55 Å². The number of imidazole rings is 1. The molecule has 0 unspecified atom stereocenters. The van der Waals surface area contributed by atoms with Gasteiger partial charge < -0.3 is 9.67 Å². The van der Waals surface area contributed by atoms with Crippen molar-refractivity contribution in [2.75, 3.05) is 0 Å². The number of hydrogen-bond donors (Lipinski definition) is 1. The van der Waals surface area contributed by atoms with Crippen molar-refractivity contribution in [3.05, 3.63) is 18.2 Å². The first-order valence-electron chi connectivity index (χ1n) is 4.53. The monoisotopic (exact) mass is 166 g/mol. The quantitative estimate of drug-likeness (QED) is 0.722. The predicted octanol–water partition coefficient (Wildman–Crippen LogP) is 1.49. The van der Waals surface area contributed by atoms with Crippen molar-refractivity contribution in [3.8, 4) is 0 Å². The van der Waals surface area contributed by atoms with E-state index in [0.717, 1.165) is 5.69 Å². The molecule has 66 valence electrons. The molecule has 0 amide bonds. The van der Waals surface area contributed by atoms with Crippen LogP contribution in [0, 0.1) is 0 Å². The molecule has 1 fully saturated rings. The molecule has 0 spiro atoms. The van der Waals surface area contributed by atoms with Crippen molar-refractivity contribution < 1.29 is 5.11 Å². The van der Waals surface area contributed by atoms with Gasteiger partial charge in [0.1, 0.15) is 0 Å². The highest BCUT2D eigenvalue weighted by atomic mass is 16.3. The molecule has 3 nitrogen and oxygen atoms in total. The van der Waals surface area contributed by atoms with Gasteiger partial charge in [0.2, 0.25) is 0 Å². The highest BCUT2D eigenvalue weighted by Crippen LogP contribution is 2.30. The molecular formula is C9H14N2O. The molecule has 0 aromatic carbocycles. The van der Waals surface area contributed by atoms with Crippen molar-refractivity contribution in [2.45, 2.75) is 38.3 Å². The van der Waals surface area contributed by atoms with Crippen LogP contribution < -0.4 is 0 Å². The minimum Gasteiger partial charge on any atom is -0.390 e. The minimum absolute atomic E-state index is 0.108. The molecule has 0 radical (unpaired) electrons. The van der Waals surface area contributed by atoms with E-state index in [1.807, 2.05) is 6.33 Å². The van der Waals surface area contributed by atoms with Crippen LogP contribution in [0.3, 0.4) is 0 Å². The van der Waals surface area contributed by atoms with Gasteiger partial charge in [-0.3, -0.25) is 0 Å². The van der Waals surface area contributed by atoms with Crippen molar-refractivity contribution in [2.24, 2.45) is 0 Å². The summed E-state index contributed by atoms with van der Waals surface area (Å²) in [5.74, 6) is 0. The fourth-order valence-electron chi connectivity index (χ4n) is 1.97. The lowest BCUT2D eigenvalue weighted by Crippen LogP contribution is -2.06. The normalized spacial score (nSPS) is 18.8. The Hall–Kier alpha value is -0.830. The van der Waals surface area contributed by atoms with Gasteiger partial charge in [0.25, 0.3) is 0 Å². The van der Waals surface area contributed by atoms with E-state index >= 15 is 0 Å². The molecule has 12 heavy (non-hydrogen) atoms. The van der Waals surface area contributed by atoms with Crippen LogP contribution in [0.25, 0.3) is 0 Å². The Morgan fingerprint density at radius 2 is 2.25 bits per heavy atom. The average Bonchev–Trinajstić information content (AvgIpc) is 2.74. The summed E-state index contributed by atoms with van der Waals surface area (Å²) in [6.45, 7) is 0.108. The number of aromatic nitrogens is 2. The van der Waals surface area contributed by atoms with E-state index in [2.05, 4.69) is 9.55 Å². The SMILES string of the molecule is OCc1cncn1C1CCCC1. The maximum atomic E-state index is 9.01. The van der Waals surface area contributed by atoms with E-state index in [0.29, 0.717) is 6.04 Å². The average molecular weight is 166 g/mol. The molecule has 1 aromatic heterocycles. The maximum Gasteiger partial charge on any atom is 0.0951 e. The Bertz CT molecular complexity index is 251. The van der Waals surface area contributed by atoms with Gasteiger partial charge >= 0.3 is 0 Å². The topological polar surface area (TPSA) is 38.1 Å². The van der Waals surface area contributed by atoms with Gasteiger partial charge in [-0.25, -0.2) is 4.98 Å². The Labute approximate surface area is 72.0 Å². The molecule has 0 saturated heterocycles. The van der Waals surface area contributed by atoms with E-state index in [-0.39, 0.29) is 6.61 Å². The fourth-order valence-corrected chi connectivity index (χ4v) is 1.97. The molecule has 1 N–H and O–H groups in total. The third-order valence-corrected chi connectivity index (χ3v) is 2.63. The summed E-state index contributed by atoms with van der Waals surface area (Å²) in [5, 5.41) is 9.01. The van der Waals surface area contributed by atoms with Gasteiger partial charge in [-0.1, -0.05) is 12.8 Å². The number of aliphatic hydroxyl groups excluding tert-OH is 1. The van der Waals surface area contributed by atoms with E-state index in [1.165, 1.54) is 25.7 Å². The van der Waals surface area contributed by atoms with Crippen LogP contribution in [0.15, 0.2) is 12.5 Å². The van der Waals surface area contributed by atoms with Crippen LogP contribution in [-0.2, 0) is 6.61 Å². The Balaban J connectivity index is 2.19. The van der Waals surface area contributed by atoms with Gasteiger partial charge in [0.05, 0.1) is 24.8 Å². The van der Waals surface area contributed by atoms with Crippen molar-refractivity contribution in [3.63, 3.8) is 0 Å². The summed E-state index contributed by atoms with van der Waals surface area (Å²) >= 11 is 0. The third-order valence-electron chi connectivity index (χ3n) is 2.63. The molecule has 0 bridgehead atoms. The minimum atomic E-state index is 0.108. The number of hydrogen-bond acceptors (Lipinski definition) is 2. The Morgan fingerprint density at radius 1 is 1.50 bits per heavy atom.